The van der Waals surface area contributed by atoms with Gasteiger partial charge in [-0.3, -0.25) is 0 Å². The summed E-state index contributed by atoms with van der Waals surface area (Å²) < 4.78 is 6.11. The van der Waals surface area contributed by atoms with Crippen LogP contribution in [-0.4, -0.2) is 22.3 Å². The molecule has 19 heavy (non-hydrogen) atoms. The molecule has 4 N–H and O–H groups in total. The Morgan fingerprint density at radius 1 is 1.05 bits per heavy atom. The van der Waals surface area contributed by atoms with Gasteiger partial charge in [-0.25, -0.2) is 0 Å². The lowest BCUT2D eigenvalue weighted by Crippen LogP contribution is -2.24. The van der Waals surface area contributed by atoms with Crippen LogP contribution in [0.15, 0.2) is 4.90 Å². The van der Waals surface area contributed by atoms with Gasteiger partial charge in [-0.1, -0.05) is 6.92 Å². The number of benzene rings is 1. The number of ether oxygens (including phenoxy) is 1. The average molecular weight is 286 g/mol. The molecular formula is C15H26O3S. The molecule has 0 amide bonds. The van der Waals surface area contributed by atoms with Crippen LogP contribution in [0.2, 0.25) is 0 Å². The van der Waals surface area contributed by atoms with Crippen LogP contribution in [0, 0.1) is 20.8 Å². The molecule has 3 nitrogen and oxygen atoms in total. The molecule has 0 aliphatic carbocycles. The second-order valence-corrected chi connectivity index (χ2v) is 6.76. The van der Waals surface area contributed by atoms with E-state index in [0.717, 1.165) is 17.9 Å². The van der Waals surface area contributed by atoms with Crippen LogP contribution < -0.4 is 4.74 Å². The van der Waals surface area contributed by atoms with E-state index in [2.05, 4.69) is 41.5 Å². The van der Waals surface area contributed by atoms with Gasteiger partial charge in [0.1, 0.15) is 11.4 Å². The molecule has 1 aromatic carbocycles. The van der Waals surface area contributed by atoms with E-state index >= 15 is 0 Å². The number of thioether (sulfide) groups is 1. The third kappa shape index (κ3) is 3.07. The Balaban J connectivity index is 0.00000162. The van der Waals surface area contributed by atoms with Crippen molar-refractivity contribution in [2.75, 3.05) is 5.75 Å². The van der Waals surface area contributed by atoms with Crippen LogP contribution in [0.5, 0.6) is 5.75 Å². The summed E-state index contributed by atoms with van der Waals surface area (Å²) in [6.45, 7) is 13.2. The third-order valence-electron chi connectivity index (χ3n) is 3.58. The highest BCUT2D eigenvalue weighted by Crippen LogP contribution is 2.44. The van der Waals surface area contributed by atoms with Gasteiger partial charge >= 0.3 is 0 Å². The summed E-state index contributed by atoms with van der Waals surface area (Å²) in [5.41, 5.74) is 5.53. The molecule has 2 rings (SSSR count). The van der Waals surface area contributed by atoms with E-state index in [0.29, 0.717) is 0 Å². The van der Waals surface area contributed by atoms with Gasteiger partial charge in [0.2, 0.25) is 0 Å². The molecule has 0 aromatic heterocycles. The van der Waals surface area contributed by atoms with Crippen LogP contribution in [0.4, 0.5) is 0 Å². The zero-order valence-electron chi connectivity index (χ0n) is 12.7. The van der Waals surface area contributed by atoms with E-state index in [1.165, 1.54) is 27.1 Å². The molecule has 1 heterocycles. The van der Waals surface area contributed by atoms with Crippen molar-refractivity contribution in [3.63, 3.8) is 0 Å². The number of rotatable bonds is 2. The molecule has 0 atom stereocenters. The maximum absolute atomic E-state index is 6.11. The SMILES string of the molecule is CCSc1c(C)c(C)c2c(c1C)CC(C)(C)O2.O.O. The van der Waals surface area contributed by atoms with E-state index in [4.69, 9.17) is 4.74 Å². The molecule has 110 valence electrons. The first-order chi connectivity index (χ1) is 7.87. The van der Waals surface area contributed by atoms with Gasteiger partial charge in [0.05, 0.1) is 0 Å². The minimum Gasteiger partial charge on any atom is -0.487 e. The van der Waals surface area contributed by atoms with E-state index in [9.17, 15) is 0 Å². The zero-order valence-corrected chi connectivity index (χ0v) is 13.5. The lowest BCUT2D eigenvalue weighted by molar-refractivity contribution is 0.137. The highest BCUT2D eigenvalue weighted by Gasteiger charge is 2.34. The Kier molecular flexibility index (Phi) is 5.93. The molecule has 1 aromatic rings. The maximum Gasteiger partial charge on any atom is 0.126 e. The first-order valence-electron chi connectivity index (χ1n) is 6.32. The molecule has 0 radical (unpaired) electrons. The Bertz CT molecular complexity index is 467. The van der Waals surface area contributed by atoms with Crippen LogP contribution in [0.1, 0.15) is 43.0 Å². The quantitative estimate of drug-likeness (QED) is 0.784. The first-order valence-corrected chi connectivity index (χ1v) is 7.30. The van der Waals surface area contributed by atoms with Crippen LogP contribution in [-0.2, 0) is 6.42 Å². The lowest BCUT2D eigenvalue weighted by Gasteiger charge is -2.18. The van der Waals surface area contributed by atoms with Crippen LogP contribution in [0.3, 0.4) is 0 Å². The van der Waals surface area contributed by atoms with E-state index < -0.39 is 0 Å². The smallest absolute Gasteiger partial charge is 0.126 e. The lowest BCUT2D eigenvalue weighted by atomic mass is 9.94. The van der Waals surface area contributed by atoms with Crippen LogP contribution >= 0.6 is 11.8 Å². The van der Waals surface area contributed by atoms with Crippen molar-refractivity contribution in [3.05, 3.63) is 22.3 Å². The monoisotopic (exact) mass is 286 g/mol. The van der Waals surface area contributed by atoms with Gasteiger partial charge < -0.3 is 15.7 Å². The van der Waals surface area contributed by atoms with Crippen molar-refractivity contribution < 1.29 is 15.7 Å². The summed E-state index contributed by atoms with van der Waals surface area (Å²) in [5.74, 6) is 2.27. The molecule has 0 fully saturated rings. The highest BCUT2D eigenvalue weighted by atomic mass is 32.2. The van der Waals surface area contributed by atoms with Crippen LogP contribution in [0.25, 0.3) is 0 Å². The fourth-order valence-electron chi connectivity index (χ4n) is 2.61. The molecule has 4 heteroatoms. The summed E-state index contributed by atoms with van der Waals surface area (Å²) in [5, 5.41) is 0. The number of hydrogen-bond acceptors (Lipinski definition) is 2. The molecule has 1 aliphatic heterocycles. The average Bonchev–Trinajstić information content (AvgIpc) is 2.58. The van der Waals surface area contributed by atoms with Crippen molar-refractivity contribution in [3.8, 4) is 5.75 Å². The minimum absolute atomic E-state index is 0. The summed E-state index contributed by atoms with van der Waals surface area (Å²) in [4.78, 5) is 1.46. The summed E-state index contributed by atoms with van der Waals surface area (Å²) in [7, 11) is 0. The Morgan fingerprint density at radius 2 is 1.63 bits per heavy atom. The molecular weight excluding hydrogens is 260 g/mol. The second-order valence-electron chi connectivity index (χ2n) is 5.48. The van der Waals surface area contributed by atoms with E-state index in [1.54, 1.807) is 0 Å². The highest BCUT2D eigenvalue weighted by molar-refractivity contribution is 7.99. The molecule has 0 saturated heterocycles. The van der Waals surface area contributed by atoms with Crippen molar-refractivity contribution >= 4 is 11.8 Å². The van der Waals surface area contributed by atoms with Gasteiger partial charge in [-0.2, -0.15) is 0 Å². The fraction of sp³-hybridized carbons (Fsp3) is 0.600. The molecule has 0 unspecified atom stereocenters. The third-order valence-corrected chi connectivity index (χ3v) is 4.77. The molecule has 0 spiro atoms. The number of hydrogen-bond donors (Lipinski definition) is 0. The largest absolute Gasteiger partial charge is 0.487 e. The summed E-state index contributed by atoms with van der Waals surface area (Å²) in [6.07, 6.45) is 1.03. The predicted octanol–water partition coefficient (Wildman–Crippen LogP) is 2.79. The first kappa shape index (κ1) is 18.3. The molecule has 0 bridgehead atoms. The normalized spacial score (nSPS) is 15.1. The standard InChI is InChI=1S/C15H22OS.2H2O/c1-7-17-14-10(3)9(2)13-12(11(14)4)8-15(5,6)16-13;;/h7-8H2,1-6H3;2*1H2. The molecule has 0 saturated carbocycles. The topological polar surface area (TPSA) is 72.2 Å². The van der Waals surface area contributed by atoms with Crippen molar-refractivity contribution in [2.24, 2.45) is 0 Å². The van der Waals surface area contributed by atoms with E-state index in [1.807, 2.05) is 11.8 Å². The van der Waals surface area contributed by atoms with Gasteiger partial charge in [0, 0.05) is 16.9 Å². The summed E-state index contributed by atoms with van der Waals surface area (Å²) >= 11 is 1.95. The van der Waals surface area contributed by atoms with Gasteiger partial charge in [-0.05, 0) is 57.1 Å². The fourth-order valence-corrected chi connectivity index (χ4v) is 3.60. The van der Waals surface area contributed by atoms with Crippen molar-refractivity contribution in [1.29, 1.82) is 0 Å². The predicted molar refractivity (Wildman–Crippen MR) is 82.7 cm³/mol. The van der Waals surface area contributed by atoms with Gasteiger partial charge in [0.25, 0.3) is 0 Å². The zero-order chi connectivity index (χ0) is 12.8. The Labute approximate surface area is 120 Å². The van der Waals surface area contributed by atoms with Gasteiger partial charge in [0.15, 0.2) is 0 Å². The van der Waals surface area contributed by atoms with Crippen molar-refractivity contribution in [1.82, 2.24) is 0 Å². The number of fused-ring (bicyclic) bond motifs is 1. The maximum atomic E-state index is 6.11. The minimum atomic E-state index is -0.0419. The Morgan fingerprint density at radius 3 is 2.16 bits per heavy atom. The Hall–Kier alpha value is -0.710. The van der Waals surface area contributed by atoms with E-state index in [-0.39, 0.29) is 16.6 Å². The van der Waals surface area contributed by atoms with Crippen molar-refractivity contribution in [2.45, 2.75) is 58.5 Å². The second kappa shape index (κ2) is 6.16. The molecule has 1 aliphatic rings. The van der Waals surface area contributed by atoms with Gasteiger partial charge in [-0.15, -0.1) is 11.8 Å². The summed E-state index contributed by atoms with van der Waals surface area (Å²) in [6, 6.07) is 0.